The van der Waals surface area contributed by atoms with Gasteiger partial charge in [-0.1, -0.05) is 48.5 Å². The molecule has 1 aliphatic heterocycles. The number of esters is 1. The third-order valence-electron chi connectivity index (χ3n) is 4.28. The van der Waals surface area contributed by atoms with Crippen molar-refractivity contribution in [1.82, 2.24) is 10.6 Å². The highest BCUT2D eigenvalue weighted by Crippen LogP contribution is 2.38. The van der Waals surface area contributed by atoms with Crippen molar-refractivity contribution in [3.05, 3.63) is 82.6 Å². The number of nitrogens with one attached hydrogen (secondary N) is 2. The smallest absolute Gasteiger partial charge is 0.416 e. The summed E-state index contributed by atoms with van der Waals surface area (Å²) in [6.07, 6.45) is -4.64. The van der Waals surface area contributed by atoms with E-state index < -0.39 is 29.8 Å². The SMILES string of the molecule is CC1=C(C(=O)OCc2ccccc2)[C@H](c2ccccc2C(F)(F)F)NC(=O)N1. The Kier molecular flexibility index (Phi) is 5.39. The van der Waals surface area contributed by atoms with E-state index in [1.807, 2.05) is 6.07 Å². The van der Waals surface area contributed by atoms with E-state index >= 15 is 0 Å². The number of amides is 2. The number of urea groups is 1. The molecule has 0 saturated carbocycles. The maximum absolute atomic E-state index is 13.4. The zero-order chi connectivity index (χ0) is 20.3. The van der Waals surface area contributed by atoms with Crippen LogP contribution in [-0.4, -0.2) is 12.0 Å². The second-order valence-corrected chi connectivity index (χ2v) is 6.22. The first-order valence-electron chi connectivity index (χ1n) is 8.43. The summed E-state index contributed by atoms with van der Waals surface area (Å²) in [6.45, 7) is 1.40. The topological polar surface area (TPSA) is 67.4 Å². The lowest BCUT2D eigenvalue weighted by molar-refractivity contribution is -0.142. The predicted molar refractivity (Wildman–Crippen MR) is 94.8 cm³/mol. The summed E-state index contributed by atoms with van der Waals surface area (Å²) in [5.74, 6) is -0.809. The Bertz CT molecular complexity index is 924. The molecule has 1 aliphatic rings. The zero-order valence-electron chi connectivity index (χ0n) is 14.8. The molecule has 5 nitrogen and oxygen atoms in total. The zero-order valence-corrected chi connectivity index (χ0v) is 14.8. The number of hydrogen-bond donors (Lipinski definition) is 2. The summed E-state index contributed by atoms with van der Waals surface area (Å²) in [5, 5.41) is 4.81. The largest absolute Gasteiger partial charge is 0.457 e. The first kappa shape index (κ1) is 19.5. The molecule has 8 heteroatoms. The van der Waals surface area contributed by atoms with Crippen LogP contribution in [0, 0.1) is 0 Å². The molecule has 2 aromatic carbocycles. The van der Waals surface area contributed by atoms with Crippen LogP contribution in [0.3, 0.4) is 0 Å². The van der Waals surface area contributed by atoms with Gasteiger partial charge in [0.25, 0.3) is 0 Å². The molecule has 28 heavy (non-hydrogen) atoms. The number of hydrogen-bond acceptors (Lipinski definition) is 3. The molecule has 146 valence electrons. The third kappa shape index (κ3) is 4.16. The molecule has 2 amide bonds. The van der Waals surface area contributed by atoms with Crippen LogP contribution in [-0.2, 0) is 22.3 Å². The number of carbonyl (C=O) groups is 2. The first-order valence-corrected chi connectivity index (χ1v) is 8.43. The van der Waals surface area contributed by atoms with Gasteiger partial charge in [-0.05, 0) is 24.1 Å². The number of rotatable bonds is 4. The number of carbonyl (C=O) groups excluding carboxylic acids is 2. The molecule has 2 N–H and O–H groups in total. The van der Waals surface area contributed by atoms with Crippen molar-refractivity contribution in [1.29, 1.82) is 0 Å². The van der Waals surface area contributed by atoms with E-state index in [1.165, 1.54) is 25.1 Å². The predicted octanol–water partition coefficient (Wildman–Crippen LogP) is 4.08. The second kappa shape index (κ2) is 7.75. The Balaban J connectivity index is 1.95. The normalized spacial score (nSPS) is 17.0. The van der Waals surface area contributed by atoms with Gasteiger partial charge >= 0.3 is 18.2 Å². The molecular formula is C20H17F3N2O3. The van der Waals surface area contributed by atoms with Gasteiger partial charge in [-0.15, -0.1) is 0 Å². The van der Waals surface area contributed by atoms with E-state index in [1.54, 1.807) is 24.3 Å². The van der Waals surface area contributed by atoms with Crippen molar-refractivity contribution in [3.63, 3.8) is 0 Å². The number of allylic oxidation sites excluding steroid dienone is 1. The Labute approximate surface area is 159 Å². The molecule has 1 atom stereocenters. The minimum Gasteiger partial charge on any atom is -0.457 e. The molecule has 0 aromatic heterocycles. The molecular weight excluding hydrogens is 373 g/mol. The molecule has 0 radical (unpaired) electrons. The second-order valence-electron chi connectivity index (χ2n) is 6.22. The van der Waals surface area contributed by atoms with Crippen molar-refractivity contribution in [3.8, 4) is 0 Å². The quantitative estimate of drug-likeness (QED) is 0.774. The van der Waals surface area contributed by atoms with E-state index in [0.717, 1.165) is 11.6 Å². The number of halogens is 3. The maximum atomic E-state index is 13.4. The minimum atomic E-state index is -4.64. The van der Waals surface area contributed by atoms with E-state index in [4.69, 9.17) is 4.74 Å². The average Bonchev–Trinajstić information content (AvgIpc) is 2.65. The maximum Gasteiger partial charge on any atom is 0.416 e. The molecule has 0 bridgehead atoms. The van der Waals surface area contributed by atoms with Crippen LogP contribution in [0.25, 0.3) is 0 Å². The molecule has 3 rings (SSSR count). The monoisotopic (exact) mass is 390 g/mol. The summed E-state index contributed by atoms with van der Waals surface area (Å²) in [7, 11) is 0. The molecule has 2 aromatic rings. The van der Waals surface area contributed by atoms with Crippen molar-refractivity contribution in [2.24, 2.45) is 0 Å². The standard InChI is InChI=1S/C20H17F3N2O3/c1-12-16(18(26)28-11-13-7-3-2-4-8-13)17(25-19(27)24-12)14-9-5-6-10-15(14)20(21,22)23/h2-10,17H,11H2,1H3,(H2,24,25,27)/t17-/m0/s1. The van der Waals surface area contributed by atoms with Gasteiger partial charge in [0, 0.05) is 5.70 Å². The van der Waals surface area contributed by atoms with Gasteiger partial charge in [0.05, 0.1) is 17.2 Å². The van der Waals surface area contributed by atoms with Crippen molar-refractivity contribution >= 4 is 12.0 Å². The number of ether oxygens (including phenoxy) is 1. The Morgan fingerprint density at radius 3 is 2.39 bits per heavy atom. The molecule has 1 heterocycles. The fraction of sp³-hybridized carbons (Fsp3) is 0.200. The van der Waals surface area contributed by atoms with Gasteiger partial charge in [-0.2, -0.15) is 13.2 Å². The summed E-state index contributed by atoms with van der Waals surface area (Å²) in [5.41, 5.74) is -0.357. The van der Waals surface area contributed by atoms with E-state index in [9.17, 15) is 22.8 Å². The Morgan fingerprint density at radius 2 is 1.71 bits per heavy atom. The van der Waals surface area contributed by atoms with Crippen LogP contribution < -0.4 is 10.6 Å². The molecule has 0 unspecified atom stereocenters. The molecule has 0 spiro atoms. The fourth-order valence-corrected chi connectivity index (χ4v) is 3.01. The van der Waals surface area contributed by atoms with Crippen LogP contribution >= 0.6 is 0 Å². The van der Waals surface area contributed by atoms with Gasteiger partial charge in [0.2, 0.25) is 0 Å². The fourth-order valence-electron chi connectivity index (χ4n) is 3.01. The van der Waals surface area contributed by atoms with Crippen LogP contribution in [0.4, 0.5) is 18.0 Å². The molecule has 0 aliphatic carbocycles. The van der Waals surface area contributed by atoms with E-state index in [2.05, 4.69) is 10.6 Å². The number of alkyl halides is 3. The van der Waals surface area contributed by atoms with Gasteiger partial charge in [0.15, 0.2) is 0 Å². The van der Waals surface area contributed by atoms with Gasteiger partial charge in [-0.3, -0.25) is 0 Å². The lowest BCUT2D eigenvalue weighted by atomic mass is 9.91. The first-order chi connectivity index (χ1) is 13.3. The summed E-state index contributed by atoms with van der Waals surface area (Å²) >= 11 is 0. The van der Waals surface area contributed by atoms with E-state index in [0.29, 0.717) is 0 Å². The van der Waals surface area contributed by atoms with Crippen LogP contribution in [0.1, 0.15) is 29.7 Å². The highest BCUT2D eigenvalue weighted by Gasteiger charge is 2.39. The minimum absolute atomic E-state index is 0.0436. The summed E-state index contributed by atoms with van der Waals surface area (Å²) in [4.78, 5) is 24.6. The van der Waals surface area contributed by atoms with Crippen LogP contribution in [0.15, 0.2) is 65.9 Å². The molecule has 0 fully saturated rings. The lowest BCUT2D eigenvalue weighted by Crippen LogP contribution is -2.45. The third-order valence-corrected chi connectivity index (χ3v) is 4.28. The van der Waals surface area contributed by atoms with E-state index in [-0.39, 0.29) is 23.4 Å². The molecule has 0 saturated heterocycles. The summed E-state index contributed by atoms with van der Waals surface area (Å²) < 4.78 is 45.6. The van der Waals surface area contributed by atoms with Crippen molar-refractivity contribution in [2.45, 2.75) is 25.7 Å². The Hall–Kier alpha value is -3.29. The van der Waals surface area contributed by atoms with Gasteiger partial charge in [0.1, 0.15) is 6.61 Å². The van der Waals surface area contributed by atoms with Crippen LogP contribution in [0.5, 0.6) is 0 Å². The highest BCUT2D eigenvalue weighted by molar-refractivity contribution is 5.95. The number of benzene rings is 2. The van der Waals surface area contributed by atoms with Gasteiger partial charge < -0.3 is 15.4 Å². The average molecular weight is 390 g/mol. The summed E-state index contributed by atoms with van der Waals surface area (Å²) in [6, 6.07) is 11.7. The van der Waals surface area contributed by atoms with Crippen molar-refractivity contribution in [2.75, 3.05) is 0 Å². The van der Waals surface area contributed by atoms with Gasteiger partial charge in [-0.25, -0.2) is 9.59 Å². The lowest BCUT2D eigenvalue weighted by Gasteiger charge is -2.29. The van der Waals surface area contributed by atoms with Crippen LogP contribution in [0.2, 0.25) is 0 Å². The Morgan fingerprint density at radius 1 is 1.07 bits per heavy atom. The van der Waals surface area contributed by atoms with Crippen molar-refractivity contribution < 1.29 is 27.5 Å². The highest BCUT2D eigenvalue weighted by atomic mass is 19.4.